The van der Waals surface area contributed by atoms with Gasteiger partial charge in [-0.2, -0.15) is 0 Å². The van der Waals surface area contributed by atoms with Crippen LogP contribution in [0.1, 0.15) is 19.8 Å². The molecule has 1 aliphatic heterocycles. The number of hydrogen-bond donors (Lipinski definition) is 6. The van der Waals surface area contributed by atoms with Crippen LogP contribution in [-0.2, 0) is 14.4 Å². The van der Waals surface area contributed by atoms with Gasteiger partial charge in [0.15, 0.2) is 0 Å². The van der Waals surface area contributed by atoms with Gasteiger partial charge >= 0.3 is 17.9 Å². The van der Waals surface area contributed by atoms with Gasteiger partial charge in [0, 0.05) is 0 Å². The lowest BCUT2D eigenvalue weighted by atomic mass is 10.2. The van der Waals surface area contributed by atoms with Crippen molar-refractivity contribution in [3.8, 4) is 0 Å². The Morgan fingerprint density at radius 3 is 1.84 bits per heavy atom. The van der Waals surface area contributed by atoms with Crippen LogP contribution in [0, 0.1) is 0 Å². The van der Waals surface area contributed by atoms with Gasteiger partial charge in [-0.1, -0.05) is 0 Å². The van der Waals surface area contributed by atoms with Crippen LogP contribution in [0.5, 0.6) is 0 Å². The summed E-state index contributed by atoms with van der Waals surface area (Å²) in [6, 6.07) is -1.00. The van der Waals surface area contributed by atoms with Crippen molar-refractivity contribution in [1.29, 1.82) is 0 Å². The van der Waals surface area contributed by atoms with E-state index in [1.807, 2.05) is 0 Å². The largest absolute Gasteiger partial charge is 0.480 e. The van der Waals surface area contributed by atoms with Crippen molar-refractivity contribution in [2.24, 2.45) is 11.5 Å². The molecule has 9 nitrogen and oxygen atoms in total. The first-order chi connectivity index (χ1) is 8.72. The Labute approximate surface area is 110 Å². The molecule has 1 saturated heterocycles. The fourth-order valence-corrected chi connectivity index (χ4v) is 0.895. The monoisotopic (exact) mass is 279 g/mol. The van der Waals surface area contributed by atoms with Gasteiger partial charge in [-0.15, -0.1) is 0 Å². The van der Waals surface area contributed by atoms with Gasteiger partial charge in [-0.3, -0.25) is 14.4 Å². The highest BCUT2D eigenvalue weighted by Crippen LogP contribution is 2.03. The molecule has 8 N–H and O–H groups in total. The van der Waals surface area contributed by atoms with E-state index in [1.165, 1.54) is 6.92 Å². The van der Waals surface area contributed by atoms with Gasteiger partial charge in [0.05, 0.1) is 6.54 Å². The Morgan fingerprint density at radius 1 is 1.32 bits per heavy atom. The molecule has 0 saturated carbocycles. The summed E-state index contributed by atoms with van der Waals surface area (Å²) in [5.74, 6) is -2.65. The third-order valence-electron chi connectivity index (χ3n) is 1.92. The molecule has 1 fully saturated rings. The van der Waals surface area contributed by atoms with E-state index in [1.54, 1.807) is 0 Å². The Bertz CT molecular complexity index is 289. The molecule has 0 aromatic carbocycles. The number of carboxylic acids is 3. The highest BCUT2D eigenvalue weighted by Gasteiger charge is 2.20. The third-order valence-corrected chi connectivity index (χ3v) is 1.92. The van der Waals surface area contributed by atoms with Gasteiger partial charge < -0.3 is 32.1 Å². The van der Waals surface area contributed by atoms with E-state index in [0.717, 1.165) is 19.4 Å². The number of carbonyl (C=O) groups is 3. The van der Waals surface area contributed by atoms with Crippen LogP contribution in [-0.4, -0.2) is 58.4 Å². The highest BCUT2D eigenvalue weighted by atomic mass is 16.4. The van der Waals surface area contributed by atoms with E-state index in [0.29, 0.717) is 0 Å². The molecule has 1 heterocycles. The maximum Gasteiger partial charge on any atom is 0.320 e. The van der Waals surface area contributed by atoms with E-state index in [2.05, 4.69) is 11.1 Å². The summed E-state index contributed by atoms with van der Waals surface area (Å²) in [5.41, 5.74) is 9.41. The number of rotatable bonds is 3. The van der Waals surface area contributed by atoms with Crippen molar-refractivity contribution in [2.75, 3.05) is 13.1 Å². The number of nitrogens with two attached hydrogens (primary N) is 2. The molecule has 1 aliphatic rings. The lowest BCUT2D eigenvalue weighted by Gasteiger charge is -1.99. The maximum absolute atomic E-state index is 10.1. The van der Waals surface area contributed by atoms with Crippen LogP contribution in [0.3, 0.4) is 0 Å². The molecule has 9 heteroatoms. The van der Waals surface area contributed by atoms with Crippen LogP contribution in [0.15, 0.2) is 0 Å². The second-order valence-corrected chi connectivity index (χ2v) is 3.71. The second-order valence-electron chi connectivity index (χ2n) is 3.71. The van der Waals surface area contributed by atoms with Gasteiger partial charge in [0.1, 0.15) is 12.1 Å². The first-order valence-electron chi connectivity index (χ1n) is 5.58. The number of carboxylic acid groups (broad SMARTS) is 3. The van der Waals surface area contributed by atoms with E-state index in [4.69, 9.17) is 21.1 Å². The normalized spacial score (nSPS) is 18.2. The minimum absolute atomic E-state index is 0.269. The molecule has 112 valence electrons. The molecule has 0 bridgehead atoms. The lowest BCUT2D eigenvalue weighted by molar-refractivity contribution is -0.139. The third kappa shape index (κ3) is 14.2. The molecule has 0 aliphatic carbocycles. The quantitative estimate of drug-likeness (QED) is 0.350. The first kappa shape index (κ1) is 19.6. The Hall–Kier alpha value is -1.71. The van der Waals surface area contributed by atoms with E-state index in [-0.39, 0.29) is 12.6 Å². The molecular formula is C10H21N3O6. The highest BCUT2D eigenvalue weighted by molar-refractivity contribution is 5.73. The average Bonchev–Trinajstić information content (AvgIpc) is 2.84. The van der Waals surface area contributed by atoms with Gasteiger partial charge in [-0.25, -0.2) is 0 Å². The zero-order valence-corrected chi connectivity index (χ0v) is 10.7. The Morgan fingerprint density at radius 2 is 1.74 bits per heavy atom. The van der Waals surface area contributed by atoms with Gasteiger partial charge in [0.25, 0.3) is 0 Å². The van der Waals surface area contributed by atoms with Crippen molar-refractivity contribution in [2.45, 2.75) is 31.8 Å². The van der Waals surface area contributed by atoms with Crippen molar-refractivity contribution in [3.63, 3.8) is 0 Å². The fourth-order valence-electron chi connectivity index (χ4n) is 0.895. The molecule has 0 aromatic rings. The average molecular weight is 279 g/mol. The molecule has 2 atom stereocenters. The first-order valence-corrected chi connectivity index (χ1v) is 5.58. The topological polar surface area (TPSA) is 176 Å². The van der Waals surface area contributed by atoms with Crippen LogP contribution in [0.4, 0.5) is 0 Å². The SMILES string of the molecule is C[C@H](N)C(=O)O.NCC(=O)O.O=C(O)[C@H]1CCCN1. The fraction of sp³-hybridized carbons (Fsp3) is 0.700. The van der Waals surface area contributed by atoms with Crippen LogP contribution in [0.2, 0.25) is 0 Å². The van der Waals surface area contributed by atoms with Crippen molar-refractivity contribution in [3.05, 3.63) is 0 Å². The number of hydrogen-bond acceptors (Lipinski definition) is 6. The standard InChI is InChI=1S/C5H9NO2.C3H7NO2.C2H5NO2/c7-5(8)4-2-1-3-6-4;1-2(4)3(5)6;3-1-2(4)5/h4,6H,1-3H2,(H,7,8);2H,4H2,1H3,(H,5,6);1,3H2,(H,4,5)/t4-;2-;/m10./s1. The summed E-state index contributed by atoms with van der Waals surface area (Å²) >= 11 is 0. The molecule has 0 aromatic heterocycles. The number of nitrogens with one attached hydrogen (secondary N) is 1. The minimum atomic E-state index is -0.968. The molecule has 0 radical (unpaired) electrons. The van der Waals surface area contributed by atoms with Crippen LogP contribution >= 0.6 is 0 Å². The van der Waals surface area contributed by atoms with E-state index in [9.17, 15) is 14.4 Å². The lowest BCUT2D eigenvalue weighted by Crippen LogP contribution is -2.29. The summed E-state index contributed by atoms with van der Waals surface area (Å²) in [6.07, 6.45) is 1.78. The number of aliphatic carboxylic acids is 3. The smallest absolute Gasteiger partial charge is 0.320 e. The zero-order chi connectivity index (χ0) is 15.4. The predicted molar refractivity (Wildman–Crippen MR) is 66.6 cm³/mol. The zero-order valence-electron chi connectivity index (χ0n) is 10.7. The van der Waals surface area contributed by atoms with E-state index >= 15 is 0 Å². The summed E-state index contributed by atoms with van der Waals surface area (Å²) in [4.78, 5) is 29.0. The summed E-state index contributed by atoms with van der Waals surface area (Å²) in [6.45, 7) is 2.00. The Kier molecular flexibility index (Phi) is 11.8. The molecular weight excluding hydrogens is 258 g/mol. The molecule has 19 heavy (non-hydrogen) atoms. The van der Waals surface area contributed by atoms with Crippen LogP contribution < -0.4 is 16.8 Å². The molecule has 1 rings (SSSR count). The summed E-state index contributed by atoms with van der Waals surface area (Å²) in [7, 11) is 0. The van der Waals surface area contributed by atoms with Crippen LogP contribution in [0.25, 0.3) is 0 Å². The maximum atomic E-state index is 10.1. The summed E-state index contributed by atoms with van der Waals surface area (Å²) in [5, 5.41) is 26.7. The van der Waals surface area contributed by atoms with Crippen molar-refractivity contribution in [1.82, 2.24) is 5.32 Å². The summed E-state index contributed by atoms with van der Waals surface area (Å²) < 4.78 is 0. The molecule has 0 amide bonds. The van der Waals surface area contributed by atoms with E-state index < -0.39 is 23.9 Å². The van der Waals surface area contributed by atoms with Gasteiger partial charge in [-0.05, 0) is 26.3 Å². The predicted octanol–water partition coefficient (Wildman–Crippen LogP) is -1.73. The minimum Gasteiger partial charge on any atom is -0.480 e. The molecule has 0 spiro atoms. The second kappa shape index (κ2) is 11.4. The van der Waals surface area contributed by atoms with Crippen molar-refractivity contribution < 1.29 is 29.7 Å². The van der Waals surface area contributed by atoms with Crippen molar-refractivity contribution >= 4 is 17.9 Å². The van der Waals surface area contributed by atoms with Gasteiger partial charge in [0.2, 0.25) is 0 Å². The molecule has 0 unspecified atom stereocenters. The Balaban J connectivity index is 0.